The molecule has 0 spiro atoms. The maximum absolute atomic E-state index is 9.03. The summed E-state index contributed by atoms with van der Waals surface area (Å²) < 4.78 is 0. The van der Waals surface area contributed by atoms with Crippen molar-refractivity contribution >= 4 is 28.3 Å². The molecular formula is C13H15ClN2O2. The molecular weight excluding hydrogens is 252 g/mol. The zero-order valence-corrected chi connectivity index (χ0v) is 10.8. The molecule has 0 atom stereocenters. The number of nitrogens with one attached hydrogen (secondary N) is 1. The van der Waals surface area contributed by atoms with E-state index in [1.54, 1.807) is 6.07 Å². The fraction of sp³-hybridized carbons (Fsp3) is 0.308. The number of aliphatic hydroxyl groups is 2. The Hall–Kier alpha value is -1.36. The first-order valence-electron chi connectivity index (χ1n) is 5.70. The quantitative estimate of drug-likeness (QED) is 0.792. The molecule has 0 amide bonds. The Balaban J connectivity index is 2.41. The lowest BCUT2D eigenvalue weighted by Gasteiger charge is -2.14. The van der Waals surface area contributed by atoms with Crippen LogP contribution in [0.3, 0.4) is 0 Å². The van der Waals surface area contributed by atoms with Gasteiger partial charge in [0.2, 0.25) is 0 Å². The van der Waals surface area contributed by atoms with Gasteiger partial charge in [-0.15, -0.1) is 0 Å². The third-order valence-corrected chi connectivity index (χ3v) is 3.13. The fourth-order valence-corrected chi connectivity index (χ4v) is 1.97. The molecule has 0 aliphatic carbocycles. The van der Waals surface area contributed by atoms with Crippen molar-refractivity contribution in [3.05, 3.63) is 34.9 Å². The molecule has 0 fully saturated rings. The van der Waals surface area contributed by atoms with Crippen molar-refractivity contribution in [2.75, 3.05) is 18.5 Å². The molecule has 0 bridgehead atoms. The molecule has 18 heavy (non-hydrogen) atoms. The molecule has 1 heterocycles. The van der Waals surface area contributed by atoms with Crippen molar-refractivity contribution in [2.45, 2.75) is 13.0 Å². The summed E-state index contributed by atoms with van der Waals surface area (Å²) in [7, 11) is 0. The van der Waals surface area contributed by atoms with Crippen LogP contribution in [0.25, 0.3) is 10.9 Å². The van der Waals surface area contributed by atoms with Gasteiger partial charge in [0.05, 0.1) is 24.8 Å². The predicted molar refractivity (Wildman–Crippen MR) is 73.1 cm³/mol. The van der Waals surface area contributed by atoms with E-state index in [-0.39, 0.29) is 13.2 Å². The number of aromatic nitrogens is 1. The van der Waals surface area contributed by atoms with Crippen LogP contribution < -0.4 is 5.32 Å². The fourth-order valence-electron chi connectivity index (χ4n) is 1.76. The van der Waals surface area contributed by atoms with E-state index in [2.05, 4.69) is 10.3 Å². The molecule has 2 aromatic rings. The minimum Gasteiger partial charge on any atom is -0.394 e. The van der Waals surface area contributed by atoms with E-state index in [9.17, 15) is 0 Å². The Labute approximate surface area is 110 Å². The Morgan fingerprint density at radius 1 is 1.22 bits per heavy atom. The third-order valence-electron chi connectivity index (χ3n) is 2.80. The van der Waals surface area contributed by atoms with Crippen LogP contribution >= 0.6 is 11.6 Å². The summed E-state index contributed by atoms with van der Waals surface area (Å²) in [5.41, 5.74) is 1.85. The number of nitrogens with zero attached hydrogens (tertiary/aromatic N) is 1. The number of benzene rings is 1. The van der Waals surface area contributed by atoms with Crippen LogP contribution in [0.4, 0.5) is 5.82 Å². The number of aryl methyl sites for hydroxylation is 1. The van der Waals surface area contributed by atoms with E-state index in [0.717, 1.165) is 16.5 Å². The van der Waals surface area contributed by atoms with Gasteiger partial charge >= 0.3 is 0 Å². The van der Waals surface area contributed by atoms with Crippen molar-refractivity contribution < 1.29 is 10.2 Å². The van der Waals surface area contributed by atoms with Gasteiger partial charge in [0.25, 0.3) is 0 Å². The Morgan fingerprint density at radius 2 is 1.94 bits per heavy atom. The van der Waals surface area contributed by atoms with Crippen LogP contribution in [0.2, 0.25) is 5.02 Å². The molecule has 96 valence electrons. The van der Waals surface area contributed by atoms with E-state index in [4.69, 9.17) is 21.8 Å². The van der Waals surface area contributed by atoms with Crippen LogP contribution in [-0.2, 0) is 0 Å². The molecule has 0 radical (unpaired) electrons. The largest absolute Gasteiger partial charge is 0.394 e. The molecule has 0 saturated heterocycles. The monoisotopic (exact) mass is 266 g/mol. The van der Waals surface area contributed by atoms with E-state index < -0.39 is 6.04 Å². The normalized spacial score (nSPS) is 11.2. The lowest BCUT2D eigenvalue weighted by atomic mass is 10.1. The van der Waals surface area contributed by atoms with Gasteiger partial charge < -0.3 is 15.5 Å². The zero-order chi connectivity index (χ0) is 13.1. The van der Waals surface area contributed by atoms with Crippen molar-refractivity contribution in [1.82, 2.24) is 4.98 Å². The second kappa shape index (κ2) is 5.52. The molecule has 0 aliphatic heterocycles. The predicted octanol–water partition coefficient (Wildman–Crippen LogP) is 1.96. The second-order valence-electron chi connectivity index (χ2n) is 4.16. The lowest BCUT2D eigenvalue weighted by molar-refractivity contribution is 0.203. The summed E-state index contributed by atoms with van der Waals surface area (Å²) >= 11 is 6.10. The van der Waals surface area contributed by atoms with Gasteiger partial charge in [-0.2, -0.15) is 0 Å². The van der Waals surface area contributed by atoms with Crippen molar-refractivity contribution in [1.29, 1.82) is 0 Å². The summed E-state index contributed by atoms with van der Waals surface area (Å²) in [5, 5.41) is 22.6. The van der Waals surface area contributed by atoms with Gasteiger partial charge in [0.15, 0.2) is 0 Å². The number of hydrogen-bond donors (Lipinski definition) is 3. The SMILES string of the molecule is Cc1ccc(Cl)c2ccc(NC(CO)CO)nc12. The third kappa shape index (κ3) is 2.56. The lowest BCUT2D eigenvalue weighted by Crippen LogP contribution is -2.28. The smallest absolute Gasteiger partial charge is 0.127 e. The van der Waals surface area contributed by atoms with Crippen LogP contribution in [0.15, 0.2) is 24.3 Å². The summed E-state index contributed by atoms with van der Waals surface area (Å²) in [6.07, 6.45) is 0. The average molecular weight is 267 g/mol. The van der Waals surface area contributed by atoms with Crippen LogP contribution in [-0.4, -0.2) is 34.5 Å². The number of halogens is 1. The first-order chi connectivity index (χ1) is 8.65. The van der Waals surface area contributed by atoms with Crippen molar-refractivity contribution in [3.8, 4) is 0 Å². The molecule has 1 aromatic carbocycles. The van der Waals surface area contributed by atoms with Gasteiger partial charge in [0.1, 0.15) is 5.82 Å². The van der Waals surface area contributed by atoms with E-state index >= 15 is 0 Å². The number of fused-ring (bicyclic) bond motifs is 1. The number of anilines is 1. The zero-order valence-electron chi connectivity index (χ0n) is 10.0. The minimum absolute atomic E-state index is 0.148. The number of rotatable bonds is 4. The highest BCUT2D eigenvalue weighted by molar-refractivity contribution is 6.35. The topological polar surface area (TPSA) is 65.4 Å². The molecule has 5 heteroatoms. The summed E-state index contributed by atoms with van der Waals surface area (Å²) in [4.78, 5) is 4.45. The summed E-state index contributed by atoms with van der Waals surface area (Å²) in [5.74, 6) is 0.612. The number of hydrogen-bond acceptors (Lipinski definition) is 4. The Kier molecular flexibility index (Phi) is 4.01. The van der Waals surface area contributed by atoms with Gasteiger partial charge in [-0.1, -0.05) is 17.7 Å². The molecule has 0 saturated carbocycles. The summed E-state index contributed by atoms with van der Waals surface area (Å²) in [6.45, 7) is 1.67. The molecule has 0 aliphatic rings. The van der Waals surface area contributed by atoms with Crippen LogP contribution in [0.5, 0.6) is 0 Å². The Bertz CT molecular complexity index is 556. The highest BCUT2D eigenvalue weighted by atomic mass is 35.5. The van der Waals surface area contributed by atoms with Crippen LogP contribution in [0.1, 0.15) is 5.56 Å². The standard InChI is InChI=1S/C13H15ClN2O2/c1-8-2-4-11(14)10-3-5-12(16-13(8)10)15-9(6-17)7-18/h2-5,9,17-18H,6-7H2,1H3,(H,15,16). The maximum atomic E-state index is 9.03. The highest BCUT2D eigenvalue weighted by Crippen LogP contribution is 2.26. The first kappa shape index (κ1) is 13.1. The number of pyridine rings is 1. The van der Waals surface area contributed by atoms with Gasteiger partial charge in [-0.3, -0.25) is 0 Å². The highest BCUT2D eigenvalue weighted by Gasteiger charge is 2.08. The van der Waals surface area contributed by atoms with Crippen molar-refractivity contribution in [2.24, 2.45) is 0 Å². The first-order valence-corrected chi connectivity index (χ1v) is 6.07. The molecule has 1 aromatic heterocycles. The maximum Gasteiger partial charge on any atom is 0.127 e. The van der Waals surface area contributed by atoms with E-state index in [1.165, 1.54) is 0 Å². The van der Waals surface area contributed by atoms with Crippen molar-refractivity contribution in [3.63, 3.8) is 0 Å². The average Bonchev–Trinajstić information content (AvgIpc) is 2.40. The molecule has 0 unspecified atom stereocenters. The molecule has 2 rings (SSSR count). The number of aliphatic hydroxyl groups excluding tert-OH is 2. The molecule has 3 N–H and O–H groups in total. The minimum atomic E-state index is -0.408. The van der Waals surface area contributed by atoms with Crippen LogP contribution in [0, 0.1) is 6.92 Å². The van der Waals surface area contributed by atoms with Gasteiger partial charge in [-0.25, -0.2) is 4.98 Å². The van der Waals surface area contributed by atoms with Gasteiger partial charge in [-0.05, 0) is 30.7 Å². The molecule has 4 nitrogen and oxygen atoms in total. The Morgan fingerprint density at radius 3 is 2.61 bits per heavy atom. The van der Waals surface area contributed by atoms with E-state index in [0.29, 0.717) is 10.8 Å². The van der Waals surface area contributed by atoms with Gasteiger partial charge in [0, 0.05) is 10.4 Å². The second-order valence-corrected chi connectivity index (χ2v) is 4.57. The summed E-state index contributed by atoms with van der Waals surface area (Å²) in [6, 6.07) is 7.02. The van der Waals surface area contributed by atoms with E-state index in [1.807, 2.05) is 25.1 Å².